The van der Waals surface area contributed by atoms with Crippen LogP contribution in [0.15, 0.2) is 27.5 Å². The van der Waals surface area contributed by atoms with Gasteiger partial charge in [-0.1, -0.05) is 0 Å². The Hall–Kier alpha value is -0.790. The number of nitrogens with zero attached hydrogens (tertiary/aromatic N) is 4. The van der Waals surface area contributed by atoms with Crippen molar-refractivity contribution in [1.29, 1.82) is 0 Å². The summed E-state index contributed by atoms with van der Waals surface area (Å²) in [6.45, 7) is 0. The second kappa shape index (κ2) is 5.24. The molecule has 7 heteroatoms. The van der Waals surface area contributed by atoms with Crippen molar-refractivity contribution < 1.29 is 5.11 Å². The highest BCUT2D eigenvalue weighted by molar-refractivity contribution is 9.11. The molecule has 0 aromatic carbocycles. The third-order valence-electron chi connectivity index (χ3n) is 2.33. The maximum absolute atomic E-state index is 10.1. The molecule has 0 spiro atoms. The fraction of sp³-hybridized carbons (Fsp3) is 0.300. The molecule has 2 heterocycles. The van der Waals surface area contributed by atoms with Crippen molar-refractivity contribution in [3.05, 3.63) is 39.1 Å². The highest BCUT2D eigenvalue weighted by atomic mass is 79.9. The van der Waals surface area contributed by atoms with E-state index >= 15 is 0 Å². The largest absolute Gasteiger partial charge is 0.386 e. The number of aliphatic hydroxyl groups excluding tert-OH is 1. The van der Waals surface area contributed by atoms with E-state index in [1.165, 1.54) is 6.33 Å². The van der Waals surface area contributed by atoms with Gasteiger partial charge in [-0.2, -0.15) is 5.10 Å². The van der Waals surface area contributed by atoms with E-state index in [1.807, 2.05) is 6.07 Å². The maximum atomic E-state index is 10.1. The quantitative estimate of drug-likeness (QED) is 0.908. The maximum Gasteiger partial charge on any atom is 0.138 e. The van der Waals surface area contributed by atoms with E-state index in [-0.39, 0.29) is 0 Å². The van der Waals surface area contributed by atoms with Gasteiger partial charge in [0.2, 0.25) is 0 Å². The molecular weight excluding hydrogens is 352 g/mol. The van der Waals surface area contributed by atoms with Gasteiger partial charge in [0.15, 0.2) is 0 Å². The SMILES string of the molecule is Cn1ncnc1CC(O)c1ncc(Br)cc1Br. The smallest absolute Gasteiger partial charge is 0.138 e. The van der Waals surface area contributed by atoms with E-state index in [2.05, 4.69) is 46.9 Å². The fourth-order valence-corrected chi connectivity index (χ4v) is 2.70. The molecule has 5 nitrogen and oxygen atoms in total. The van der Waals surface area contributed by atoms with Gasteiger partial charge in [0.25, 0.3) is 0 Å². The fourth-order valence-electron chi connectivity index (χ4n) is 1.44. The van der Waals surface area contributed by atoms with Crippen LogP contribution < -0.4 is 0 Å². The number of hydrogen-bond donors (Lipinski definition) is 1. The van der Waals surface area contributed by atoms with Crippen LogP contribution in [0.2, 0.25) is 0 Å². The molecule has 90 valence electrons. The van der Waals surface area contributed by atoms with Crippen LogP contribution in [-0.4, -0.2) is 24.9 Å². The van der Waals surface area contributed by atoms with E-state index in [1.54, 1.807) is 17.9 Å². The Bertz CT molecular complexity index is 529. The number of rotatable bonds is 3. The predicted octanol–water partition coefficient (Wildman–Crippen LogP) is 2.01. The number of aromatic nitrogens is 4. The Kier molecular flexibility index (Phi) is 3.90. The van der Waals surface area contributed by atoms with Crippen LogP contribution in [0.25, 0.3) is 0 Å². The molecule has 0 saturated heterocycles. The van der Waals surface area contributed by atoms with E-state index < -0.39 is 6.10 Å². The molecule has 0 bridgehead atoms. The number of hydrogen-bond acceptors (Lipinski definition) is 4. The molecule has 2 aromatic rings. The first-order valence-corrected chi connectivity index (χ1v) is 6.48. The van der Waals surface area contributed by atoms with E-state index in [0.29, 0.717) is 17.9 Å². The average molecular weight is 362 g/mol. The second-order valence-corrected chi connectivity index (χ2v) is 5.31. The van der Waals surface area contributed by atoms with Gasteiger partial charge in [0.05, 0.1) is 5.69 Å². The topological polar surface area (TPSA) is 63.8 Å². The molecule has 17 heavy (non-hydrogen) atoms. The van der Waals surface area contributed by atoms with Gasteiger partial charge in [0, 0.05) is 28.6 Å². The van der Waals surface area contributed by atoms with Crippen LogP contribution in [-0.2, 0) is 13.5 Å². The summed E-state index contributed by atoms with van der Waals surface area (Å²) >= 11 is 6.69. The number of pyridine rings is 1. The van der Waals surface area contributed by atoms with Crippen molar-refractivity contribution in [2.24, 2.45) is 7.05 Å². The molecular formula is C10H10Br2N4O. The summed E-state index contributed by atoms with van der Waals surface area (Å²) in [4.78, 5) is 8.25. The minimum atomic E-state index is -0.708. The first-order chi connectivity index (χ1) is 8.08. The lowest BCUT2D eigenvalue weighted by Crippen LogP contribution is -2.09. The summed E-state index contributed by atoms with van der Waals surface area (Å²) in [5.41, 5.74) is 0.594. The minimum absolute atomic E-state index is 0.379. The van der Waals surface area contributed by atoms with Crippen molar-refractivity contribution in [3.8, 4) is 0 Å². The highest BCUT2D eigenvalue weighted by Crippen LogP contribution is 2.26. The minimum Gasteiger partial charge on any atom is -0.386 e. The van der Waals surface area contributed by atoms with Crippen molar-refractivity contribution in [3.63, 3.8) is 0 Å². The van der Waals surface area contributed by atoms with Gasteiger partial charge in [-0.25, -0.2) is 4.98 Å². The lowest BCUT2D eigenvalue weighted by atomic mass is 10.1. The summed E-state index contributed by atoms with van der Waals surface area (Å²) in [6.07, 6.45) is 2.79. The van der Waals surface area contributed by atoms with E-state index in [4.69, 9.17) is 0 Å². The monoisotopic (exact) mass is 360 g/mol. The number of halogens is 2. The third kappa shape index (κ3) is 2.91. The Morgan fingerprint density at radius 2 is 2.18 bits per heavy atom. The molecule has 1 unspecified atom stereocenters. The zero-order valence-electron chi connectivity index (χ0n) is 9.01. The molecule has 2 rings (SSSR count). The van der Waals surface area contributed by atoms with Crippen LogP contribution in [0.3, 0.4) is 0 Å². The first kappa shape index (κ1) is 12.7. The van der Waals surface area contributed by atoms with Crippen molar-refractivity contribution >= 4 is 31.9 Å². The standard InChI is InChI=1S/C10H10Br2N4O/c1-16-9(14-5-15-16)3-8(17)10-7(12)2-6(11)4-13-10/h2,4-5,8,17H,3H2,1H3. The molecule has 1 atom stereocenters. The van der Waals surface area contributed by atoms with Crippen LogP contribution in [0, 0.1) is 0 Å². The Morgan fingerprint density at radius 1 is 1.41 bits per heavy atom. The molecule has 0 fully saturated rings. The number of aryl methyl sites for hydroxylation is 1. The van der Waals surface area contributed by atoms with Crippen LogP contribution in [0.1, 0.15) is 17.6 Å². The van der Waals surface area contributed by atoms with Gasteiger partial charge < -0.3 is 5.11 Å². The second-order valence-electron chi connectivity index (χ2n) is 3.54. The first-order valence-electron chi connectivity index (χ1n) is 4.90. The lowest BCUT2D eigenvalue weighted by Gasteiger charge is -2.11. The Labute approximate surface area is 115 Å². The van der Waals surface area contributed by atoms with Gasteiger partial charge in [-0.05, 0) is 37.9 Å². The summed E-state index contributed by atoms with van der Waals surface area (Å²) in [6, 6.07) is 1.85. The Balaban J connectivity index is 2.20. The molecule has 0 radical (unpaired) electrons. The summed E-state index contributed by atoms with van der Waals surface area (Å²) in [7, 11) is 1.79. The van der Waals surface area contributed by atoms with E-state index in [9.17, 15) is 5.11 Å². The van der Waals surface area contributed by atoms with Crippen molar-refractivity contribution in [2.45, 2.75) is 12.5 Å². The molecule has 0 aliphatic heterocycles. The highest BCUT2D eigenvalue weighted by Gasteiger charge is 2.16. The average Bonchev–Trinajstić information content (AvgIpc) is 2.64. The normalized spacial score (nSPS) is 12.7. The molecule has 0 saturated carbocycles. The van der Waals surface area contributed by atoms with Gasteiger partial charge in [-0.3, -0.25) is 9.67 Å². The summed E-state index contributed by atoms with van der Waals surface area (Å²) in [5.74, 6) is 0.717. The van der Waals surface area contributed by atoms with Gasteiger partial charge in [-0.15, -0.1) is 0 Å². The van der Waals surface area contributed by atoms with Gasteiger partial charge >= 0.3 is 0 Å². The van der Waals surface area contributed by atoms with Gasteiger partial charge in [0.1, 0.15) is 18.3 Å². The molecule has 0 aliphatic carbocycles. The molecule has 0 aliphatic rings. The zero-order valence-corrected chi connectivity index (χ0v) is 12.2. The van der Waals surface area contributed by atoms with Crippen LogP contribution >= 0.6 is 31.9 Å². The summed E-state index contributed by atoms with van der Waals surface area (Å²) < 4.78 is 3.26. The molecule has 0 amide bonds. The van der Waals surface area contributed by atoms with Crippen molar-refractivity contribution in [2.75, 3.05) is 0 Å². The Morgan fingerprint density at radius 3 is 2.76 bits per heavy atom. The van der Waals surface area contributed by atoms with E-state index in [0.717, 1.165) is 8.95 Å². The van der Waals surface area contributed by atoms with Crippen molar-refractivity contribution in [1.82, 2.24) is 19.7 Å². The summed E-state index contributed by atoms with van der Waals surface area (Å²) in [5, 5.41) is 14.1. The molecule has 1 N–H and O–H groups in total. The lowest BCUT2D eigenvalue weighted by molar-refractivity contribution is 0.169. The predicted molar refractivity (Wildman–Crippen MR) is 69.3 cm³/mol. The van der Waals surface area contributed by atoms with Crippen LogP contribution in [0.4, 0.5) is 0 Å². The van der Waals surface area contributed by atoms with Crippen LogP contribution in [0.5, 0.6) is 0 Å². The number of aliphatic hydroxyl groups is 1. The third-order valence-corrected chi connectivity index (χ3v) is 3.40. The molecule has 2 aromatic heterocycles. The zero-order chi connectivity index (χ0) is 12.4.